The number of carbonyl (C=O) groups is 2. The molecule has 0 radical (unpaired) electrons. The van der Waals surface area contributed by atoms with Crippen LogP contribution in [0.15, 0.2) is 48.5 Å². The summed E-state index contributed by atoms with van der Waals surface area (Å²) in [5, 5.41) is 2.86. The summed E-state index contributed by atoms with van der Waals surface area (Å²) >= 11 is 10.8. The topological polar surface area (TPSA) is 79.5 Å². The minimum absolute atomic E-state index is 0.0368. The van der Waals surface area contributed by atoms with Gasteiger partial charge in [-0.3, -0.25) is 25.8 Å². The summed E-state index contributed by atoms with van der Waals surface area (Å²) in [5.41, 5.74) is 5.69. The monoisotopic (exact) mass is 405 g/mol. The summed E-state index contributed by atoms with van der Waals surface area (Å²) < 4.78 is 5.57. The second-order valence-corrected chi connectivity index (χ2v) is 6.95. The van der Waals surface area contributed by atoms with Gasteiger partial charge in [-0.05, 0) is 60.6 Å². The molecule has 0 heterocycles. The number of rotatable bonds is 5. The standard InChI is InChI=1S/C19H20ClN3O3S/c1-12(2)11-26-16-8-6-13(7-9-16)18(25)22-23-19(27)21-17(24)14-4-3-5-15(20)10-14/h3-10,12H,11H2,1-2H3,(H,22,25)(H2,21,23,24,27). The fraction of sp³-hybridized carbons (Fsp3) is 0.211. The van der Waals surface area contributed by atoms with Gasteiger partial charge in [-0.1, -0.05) is 31.5 Å². The van der Waals surface area contributed by atoms with E-state index in [1.54, 1.807) is 42.5 Å². The summed E-state index contributed by atoms with van der Waals surface area (Å²) in [5.74, 6) is 0.276. The molecule has 3 N–H and O–H groups in total. The maximum atomic E-state index is 12.1. The van der Waals surface area contributed by atoms with E-state index in [1.807, 2.05) is 0 Å². The molecule has 2 aromatic rings. The van der Waals surface area contributed by atoms with E-state index < -0.39 is 11.8 Å². The van der Waals surface area contributed by atoms with E-state index in [0.29, 0.717) is 34.4 Å². The number of carbonyl (C=O) groups excluding carboxylic acids is 2. The molecule has 0 saturated carbocycles. The first-order chi connectivity index (χ1) is 12.8. The lowest BCUT2D eigenvalue weighted by Gasteiger charge is -2.12. The van der Waals surface area contributed by atoms with Crippen LogP contribution in [0.3, 0.4) is 0 Å². The zero-order valence-corrected chi connectivity index (χ0v) is 16.5. The summed E-state index contributed by atoms with van der Waals surface area (Å²) in [6.07, 6.45) is 0. The third kappa shape index (κ3) is 6.88. The van der Waals surface area contributed by atoms with Crippen molar-refractivity contribution in [3.05, 3.63) is 64.7 Å². The van der Waals surface area contributed by atoms with Gasteiger partial charge in [0, 0.05) is 16.1 Å². The van der Waals surface area contributed by atoms with Crippen molar-refractivity contribution in [2.45, 2.75) is 13.8 Å². The van der Waals surface area contributed by atoms with Crippen molar-refractivity contribution in [1.29, 1.82) is 0 Å². The number of ether oxygens (including phenoxy) is 1. The largest absolute Gasteiger partial charge is 0.493 e. The molecule has 0 aliphatic heterocycles. The van der Waals surface area contributed by atoms with Crippen molar-refractivity contribution in [1.82, 2.24) is 16.2 Å². The van der Waals surface area contributed by atoms with Gasteiger partial charge < -0.3 is 4.74 Å². The van der Waals surface area contributed by atoms with Gasteiger partial charge in [0.2, 0.25) is 0 Å². The van der Waals surface area contributed by atoms with Crippen LogP contribution in [0.5, 0.6) is 5.75 Å². The molecule has 0 spiro atoms. The Morgan fingerprint density at radius 2 is 1.74 bits per heavy atom. The van der Waals surface area contributed by atoms with Gasteiger partial charge in [-0.15, -0.1) is 0 Å². The summed E-state index contributed by atoms with van der Waals surface area (Å²) in [6, 6.07) is 13.2. The van der Waals surface area contributed by atoms with Gasteiger partial charge >= 0.3 is 0 Å². The molecule has 2 rings (SSSR count). The molecular formula is C19H20ClN3O3S. The first-order valence-electron chi connectivity index (χ1n) is 8.25. The summed E-state index contributed by atoms with van der Waals surface area (Å²) in [4.78, 5) is 24.2. The Balaban J connectivity index is 1.82. The smallest absolute Gasteiger partial charge is 0.269 e. The SMILES string of the molecule is CC(C)COc1ccc(C(=O)NNC(=S)NC(=O)c2cccc(Cl)c2)cc1. The highest BCUT2D eigenvalue weighted by atomic mass is 35.5. The number of hydrazine groups is 1. The molecule has 6 nitrogen and oxygen atoms in total. The molecule has 0 aliphatic carbocycles. The Labute approximate surface area is 168 Å². The van der Waals surface area contributed by atoms with Gasteiger partial charge in [-0.25, -0.2) is 0 Å². The van der Waals surface area contributed by atoms with E-state index in [-0.39, 0.29) is 5.11 Å². The molecule has 0 fully saturated rings. The number of nitrogens with one attached hydrogen (secondary N) is 3. The lowest BCUT2D eigenvalue weighted by molar-refractivity contribution is 0.0934. The molecule has 0 saturated heterocycles. The number of hydrogen-bond donors (Lipinski definition) is 3. The van der Waals surface area contributed by atoms with Crippen molar-refractivity contribution in [2.75, 3.05) is 6.61 Å². The van der Waals surface area contributed by atoms with Crippen molar-refractivity contribution in [3.63, 3.8) is 0 Å². The van der Waals surface area contributed by atoms with E-state index in [2.05, 4.69) is 30.0 Å². The molecule has 2 aromatic carbocycles. The zero-order chi connectivity index (χ0) is 19.8. The average Bonchev–Trinajstić information content (AvgIpc) is 2.64. The van der Waals surface area contributed by atoms with Crippen LogP contribution in [0.2, 0.25) is 5.02 Å². The van der Waals surface area contributed by atoms with E-state index in [1.165, 1.54) is 6.07 Å². The van der Waals surface area contributed by atoms with Crippen LogP contribution in [-0.4, -0.2) is 23.5 Å². The summed E-state index contributed by atoms with van der Waals surface area (Å²) in [7, 11) is 0. The molecule has 0 bridgehead atoms. The van der Waals surface area contributed by atoms with Gasteiger partial charge in [0.25, 0.3) is 11.8 Å². The lowest BCUT2D eigenvalue weighted by atomic mass is 10.2. The van der Waals surface area contributed by atoms with Crippen molar-refractivity contribution in [2.24, 2.45) is 5.92 Å². The minimum Gasteiger partial charge on any atom is -0.493 e. The molecule has 0 unspecified atom stereocenters. The quantitative estimate of drug-likeness (QED) is 0.525. The molecule has 0 aliphatic rings. The molecule has 2 amide bonds. The van der Waals surface area contributed by atoms with Crippen LogP contribution in [-0.2, 0) is 0 Å². The van der Waals surface area contributed by atoms with Crippen LogP contribution in [0.4, 0.5) is 0 Å². The Bertz CT molecular complexity index is 825. The highest BCUT2D eigenvalue weighted by Gasteiger charge is 2.10. The Morgan fingerprint density at radius 3 is 2.37 bits per heavy atom. The second-order valence-electron chi connectivity index (χ2n) is 6.10. The Morgan fingerprint density at radius 1 is 1.04 bits per heavy atom. The van der Waals surface area contributed by atoms with E-state index in [0.717, 1.165) is 0 Å². The number of amides is 2. The second kappa shape index (κ2) is 9.89. The number of halogens is 1. The summed E-state index contributed by atoms with van der Waals surface area (Å²) in [6.45, 7) is 4.72. The van der Waals surface area contributed by atoms with Crippen molar-refractivity contribution < 1.29 is 14.3 Å². The number of thiocarbonyl (C=S) groups is 1. The van der Waals surface area contributed by atoms with Crippen LogP contribution in [0, 0.1) is 5.92 Å². The maximum absolute atomic E-state index is 12.1. The van der Waals surface area contributed by atoms with Gasteiger partial charge in [0.15, 0.2) is 5.11 Å². The molecule has 142 valence electrons. The predicted molar refractivity (Wildman–Crippen MR) is 109 cm³/mol. The Kier molecular flexibility index (Phi) is 7.57. The van der Waals surface area contributed by atoms with Crippen LogP contribution < -0.4 is 20.9 Å². The molecule has 0 atom stereocenters. The molecule has 27 heavy (non-hydrogen) atoms. The fourth-order valence-electron chi connectivity index (χ4n) is 1.99. The molecule has 0 aromatic heterocycles. The first kappa shape index (κ1) is 20.7. The van der Waals surface area contributed by atoms with Crippen LogP contribution in [0.1, 0.15) is 34.6 Å². The van der Waals surface area contributed by atoms with E-state index in [4.69, 9.17) is 28.6 Å². The minimum atomic E-state index is -0.434. The van der Waals surface area contributed by atoms with Crippen LogP contribution in [0.25, 0.3) is 0 Å². The third-order valence-corrected chi connectivity index (χ3v) is 3.74. The fourth-order valence-corrected chi connectivity index (χ4v) is 2.32. The number of benzene rings is 2. The predicted octanol–water partition coefficient (Wildman–Crippen LogP) is 3.32. The van der Waals surface area contributed by atoms with Crippen LogP contribution >= 0.6 is 23.8 Å². The van der Waals surface area contributed by atoms with Gasteiger partial charge in [-0.2, -0.15) is 0 Å². The highest BCUT2D eigenvalue weighted by Crippen LogP contribution is 2.13. The average molecular weight is 406 g/mol. The highest BCUT2D eigenvalue weighted by molar-refractivity contribution is 7.80. The molecule has 8 heteroatoms. The van der Waals surface area contributed by atoms with E-state index in [9.17, 15) is 9.59 Å². The first-order valence-corrected chi connectivity index (χ1v) is 9.04. The maximum Gasteiger partial charge on any atom is 0.269 e. The molecular weight excluding hydrogens is 386 g/mol. The van der Waals surface area contributed by atoms with Crippen molar-refractivity contribution in [3.8, 4) is 5.75 Å². The normalized spacial score (nSPS) is 10.2. The third-order valence-electron chi connectivity index (χ3n) is 3.30. The van der Waals surface area contributed by atoms with E-state index >= 15 is 0 Å². The van der Waals surface area contributed by atoms with Crippen molar-refractivity contribution >= 4 is 40.7 Å². The number of hydrogen-bond acceptors (Lipinski definition) is 4. The van der Waals surface area contributed by atoms with Gasteiger partial charge in [0.1, 0.15) is 5.75 Å². The Hall–Kier alpha value is -2.64. The lowest BCUT2D eigenvalue weighted by Crippen LogP contribution is -2.48. The zero-order valence-electron chi connectivity index (χ0n) is 14.9. The van der Waals surface area contributed by atoms with Gasteiger partial charge in [0.05, 0.1) is 6.61 Å².